The number of aromatic nitrogens is 2. The molecular weight excluding hydrogens is 557 g/mol. The average Bonchev–Trinajstić information content (AvgIpc) is 3.52. The van der Waals surface area contributed by atoms with Crippen molar-refractivity contribution in [2.75, 3.05) is 20.3 Å². The van der Waals surface area contributed by atoms with Crippen LogP contribution in [0.2, 0.25) is 0 Å². The van der Waals surface area contributed by atoms with Crippen molar-refractivity contribution in [3.05, 3.63) is 76.6 Å². The van der Waals surface area contributed by atoms with Gasteiger partial charge in [0.1, 0.15) is 46.9 Å². The smallest absolute Gasteiger partial charge is 0.229 e. The van der Waals surface area contributed by atoms with Gasteiger partial charge in [0.05, 0.1) is 30.5 Å². The summed E-state index contributed by atoms with van der Waals surface area (Å²) < 4.78 is 42.8. The van der Waals surface area contributed by atoms with Crippen molar-refractivity contribution in [2.24, 2.45) is 0 Å². The predicted octanol–water partition coefficient (Wildman–Crippen LogP) is 7.17. The molecule has 0 bridgehead atoms. The van der Waals surface area contributed by atoms with E-state index in [0.29, 0.717) is 52.5 Å². The van der Waals surface area contributed by atoms with Crippen LogP contribution in [0.5, 0.6) is 11.5 Å². The molecule has 218 valence electrons. The van der Waals surface area contributed by atoms with Gasteiger partial charge in [-0.2, -0.15) is 5.26 Å². The molecule has 1 aliphatic rings. The molecule has 0 saturated carbocycles. The molecule has 8 nitrogen and oxygen atoms in total. The number of aryl methyl sites for hydroxylation is 2. The quantitative estimate of drug-likeness (QED) is 0.188. The van der Waals surface area contributed by atoms with Crippen LogP contribution in [0.1, 0.15) is 42.1 Å². The van der Waals surface area contributed by atoms with Gasteiger partial charge in [-0.1, -0.05) is 23.9 Å². The van der Waals surface area contributed by atoms with Gasteiger partial charge in [-0.05, 0) is 70.0 Å². The zero-order chi connectivity index (χ0) is 30.0. The van der Waals surface area contributed by atoms with Crippen molar-refractivity contribution in [1.29, 1.82) is 5.26 Å². The lowest BCUT2D eigenvalue weighted by Crippen LogP contribution is -2.25. The van der Waals surface area contributed by atoms with Gasteiger partial charge in [0.2, 0.25) is 5.89 Å². The van der Waals surface area contributed by atoms with Crippen molar-refractivity contribution < 1.29 is 27.8 Å². The number of nitriles is 1. The standard InChI is InChI=1S/C32H32FN3O5S/c1-18-19(2)35-31(42-17-28-20(3)40-30(36-28)25-12-11-23(37-6)13-27(25)33)26(14-34)29(18)21-7-9-22(10-8-21)38-15-24-16-39-32(4,5)41-24/h7-13,24H,15-17H2,1-6H3/t24-/m1/s1. The van der Waals surface area contributed by atoms with Gasteiger partial charge >= 0.3 is 0 Å². The molecule has 1 saturated heterocycles. The summed E-state index contributed by atoms with van der Waals surface area (Å²) in [5.74, 6) is 1.20. The fraction of sp³-hybridized carbons (Fsp3) is 0.344. The summed E-state index contributed by atoms with van der Waals surface area (Å²) in [4.78, 5) is 9.27. The minimum absolute atomic E-state index is 0.130. The number of pyridine rings is 1. The van der Waals surface area contributed by atoms with Crippen LogP contribution in [0.25, 0.3) is 22.6 Å². The van der Waals surface area contributed by atoms with Crippen LogP contribution in [0.4, 0.5) is 4.39 Å². The largest absolute Gasteiger partial charge is 0.497 e. The highest BCUT2D eigenvalue weighted by Gasteiger charge is 2.33. The number of rotatable bonds is 9. The van der Waals surface area contributed by atoms with Crippen LogP contribution in [-0.2, 0) is 15.2 Å². The first-order valence-corrected chi connectivity index (χ1v) is 14.5. The highest BCUT2D eigenvalue weighted by molar-refractivity contribution is 7.98. The van der Waals surface area contributed by atoms with Gasteiger partial charge in [0, 0.05) is 23.1 Å². The lowest BCUT2D eigenvalue weighted by atomic mass is 9.96. The molecule has 42 heavy (non-hydrogen) atoms. The van der Waals surface area contributed by atoms with E-state index in [1.54, 1.807) is 19.1 Å². The molecule has 0 radical (unpaired) electrons. The Kier molecular flexibility index (Phi) is 8.55. The zero-order valence-electron chi connectivity index (χ0n) is 24.4. The Hall–Kier alpha value is -3.91. The van der Waals surface area contributed by atoms with E-state index in [-0.39, 0.29) is 17.6 Å². The van der Waals surface area contributed by atoms with Crippen LogP contribution in [-0.4, -0.2) is 42.2 Å². The molecule has 0 N–H and O–H groups in total. The summed E-state index contributed by atoms with van der Waals surface area (Å²) in [5, 5.41) is 10.8. The van der Waals surface area contributed by atoms with Crippen molar-refractivity contribution in [3.8, 4) is 40.1 Å². The number of hydrogen-bond donors (Lipinski definition) is 0. The minimum Gasteiger partial charge on any atom is -0.497 e. The number of halogens is 1. The van der Waals surface area contributed by atoms with Gasteiger partial charge in [0.15, 0.2) is 5.79 Å². The second-order valence-electron chi connectivity index (χ2n) is 10.4. The summed E-state index contributed by atoms with van der Waals surface area (Å²) in [6.45, 7) is 10.3. The molecule has 0 spiro atoms. The summed E-state index contributed by atoms with van der Waals surface area (Å²) >= 11 is 1.39. The van der Waals surface area contributed by atoms with Crippen LogP contribution in [0.3, 0.4) is 0 Å². The molecule has 10 heteroatoms. The fourth-order valence-electron chi connectivity index (χ4n) is 4.70. The number of ether oxygens (including phenoxy) is 4. The maximum absolute atomic E-state index is 14.6. The summed E-state index contributed by atoms with van der Waals surface area (Å²) in [5.41, 5.74) is 4.85. The number of hydrogen-bond acceptors (Lipinski definition) is 9. The monoisotopic (exact) mass is 589 g/mol. The van der Waals surface area contributed by atoms with Crippen LogP contribution in [0.15, 0.2) is 51.9 Å². The van der Waals surface area contributed by atoms with E-state index in [2.05, 4.69) is 11.1 Å². The molecule has 1 fully saturated rings. The SMILES string of the molecule is COc1ccc(-c2nc(CSc3nc(C)c(C)c(-c4ccc(OC[C@@H]5COC(C)(C)O5)cc4)c3C#N)c(C)o2)c(F)c1. The van der Waals surface area contributed by atoms with Crippen LogP contribution in [0, 0.1) is 37.9 Å². The number of thioether (sulfide) groups is 1. The van der Waals surface area contributed by atoms with E-state index in [0.717, 1.165) is 22.4 Å². The second-order valence-corrected chi connectivity index (χ2v) is 11.4. The number of benzene rings is 2. The third-order valence-electron chi connectivity index (χ3n) is 7.05. The van der Waals surface area contributed by atoms with Crippen LogP contribution < -0.4 is 9.47 Å². The van der Waals surface area contributed by atoms with Crippen molar-refractivity contribution in [2.45, 2.75) is 57.3 Å². The molecule has 1 aliphatic heterocycles. The second kappa shape index (κ2) is 12.1. The Balaban J connectivity index is 1.34. The molecule has 1 atom stereocenters. The number of methoxy groups -OCH3 is 1. The fourth-order valence-corrected chi connectivity index (χ4v) is 5.73. The van der Waals surface area contributed by atoms with Gasteiger partial charge < -0.3 is 23.4 Å². The molecule has 0 unspecified atom stereocenters. The first kappa shape index (κ1) is 29.6. The van der Waals surface area contributed by atoms with Gasteiger partial charge in [-0.3, -0.25) is 0 Å². The predicted molar refractivity (Wildman–Crippen MR) is 157 cm³/mol. The zero-order valence-corrected chi connectivity index (χ0v) is 25.2. The molecule has 2 aromatic heterocycles. The Morgan fingerprint density at radius 2 is 1.83 bits per heavy atom. The van der Waals surface area contributed by atoms with E-state index in [1.165, 1.54) is 24.9 Å². The molecule has 2 aromatic carbocycles. The van der Waals surface area contributed by atoms with Gasteiger partial charge in [0.25, 0.3) is 0 Å². The molecular formula is C32H32FN3O5S. The summed E-state index contributed by atoms with van der Waals surface area (Å²) in [6, 6.07) is 14.6. The van der Waals surface area contributed by atoms with Crippen LogP contribution >= 0.6 is 11.8 Å². The lowest BCUT2D eigenvalue weighted by molar-refractivity contribution is -0.141. The van der Waals surface area contributed by atoms with Crippen molar-refractivity contribution in [1.82, 2.24) is 9.97 Å². The van der Waals surface area contributed by atoms with Gasteiger partial charge in [-0.15, -0.1) is 0 Å². The average molecular weight is 590 g/mol. The molecule has 0 aliphatic carbocycles. The number of nitrogens with zero attached hydrogens (tertiary/aromatic N) is 3. The molecule has 5 rings (SSSR count). The maximum Gasteiger partial charge on any atom is 0.229 e. The number of oxazole rings is 1. The van der Waals surface area contributed by atoms with Crippen molar-refractivity contribution >= 4 is 11.8 Å². The molecule has 0 amide bonds. The van der Waals surface area contributed by atoms with E-state index in [4.69, 9.17) is 28.3 Å². The summed E-state index contributed by atoms with van der Waals surface area (Å²) in [6.07, 6.45) is -0.130. The topological polar surface area (TPSA) is 99.6 Å². The first-order chi connectivity index (χ1) is 20.1. The van der Waals surface area contributed by atoms with E-state index in [9.17, 15) is 9.65 Å². The first-order valence-electron chi connectivity index (χ1n) is 13.5. The highest BCUT2D eigenvalue weighted by atomic mass is 32.2. The third kappa shape index (κ3) is 6.28. The van der Waals surface area contributed by atoms with E-state index < -0.39 is 11.6 Å². The summed E-state index contributed by atoms with van der Waals surface area (Å²) in [7, 11) is 1.48. The Bertz CT molecular complexity index is 1650. The third-order valence-corrected chi connectivity index (χ3v) is 8.04. The molecule has 3 heterocycles. The normalized spacial score (nSPS) is 15.9. The van der Waals surface area contributed by atoms with E-state index >= 15 is 0 Å². The Morgan fingerprint density at radius 3 is 2.48 bits per heavy atom. The van der Waals surface area contributed by atoms with E-state index in [1.807, 2.05) is 52.0 Å². The molecule has 4 aromatic rings. The Morgan fingerprint density at radius 1 is 1.10 bits per heavy atom. The minimum atomic E-state index is -0.596. The van der Waals surface area contributed by atoms with Crippen molar-refractivity contribution in [3.63, 3.8) is 0 Å². The highest BCUT2D eigenvalue weighted by Crippen LogP contribution is 2.37. The Labute approximate surface area is 248 Å². The van der Waals surface area contributed by atoms with Gasteiger partial charge in [-0.25, -0.2) is 14.4 Å². The maximum atomic E-state index is 14.6. The lowest BCUT2D eigenvalue weighted by Gasteiger charge is -2.17.